The Kier molecular flexibility index (Phi) is 5.49. The predicted octanol–water partition coefficient (Wildman–Crippen LogP) is 1.67. The molecule has 120 valence electrons. The highest BCUT2D eigenvalue weighted by Gasteiger charge is 2.24. The van der Waals surface area contributed by atoms with Crippen molar-refractivity contribution >= 4 is 17.5 Å². The second-order valence-corrected chi connectivity index (χ2v) is 5.55. The van der Waals surface area contributed by atoms with Gasteiger partial charge >= 0.3 is 11.8 Å². The highest BCUT2D eigenvalue weighted by Crippen LogP contribution is 2.16. The Balaban J connectivity index is 1.87. The lowest BCUT2D eigenvalue weighted by Gasteiger charge is -2.22. The molecule has 1 aliphatic rings. The van der Waals surface area contributed by atoms with E-state index in [0.717, 1.165) is 25.9 Å². The number of hydrogen-bond acceptors (Lipinski definition) is 3. The Labute approximate surface area is 129 Å². The van der Waals surface area contributed by atoms with Crippen molar-refractivity contribution in [2.45, 2.75) is 32.7 Å². The van der Waals surface area contributed by atoms with Crippen LogP contribution in [0.1, 0.15) is 25.3 Å². The molecule has 2 N–H and O–H groups in total. The van der Waals surface area contributed by atoms with E-state index in [9.17, 15) is 14.0 Å². The van der Waals surface area contributed by atoms with E-state index >= 15 is 0 Å². The quantitative estimate of drug-likeness (QED) is 0.832. The van der Waals surface area contributed by atoms with Crippen LogP contribution in [0.15, 0.2) is 18.2 Å². The zero-order chi connectivity index (χ0) is 16.1. The SMILES string of the molecule is CCN1CCC[C@@H]1CNC(=O)C(=O)Nc1cc(F)ccc1C. The minimum atomic E-state index is -0.769. The van der Waals surface area contributed by atoms with Gasteiger partial charge in [-0.2, -0.15) is 0 Å². The molecule has 0 aromatic heterocycles. The minimum Gasteiger partial charge on any atom is -0.346 e. The van der Waals surface area contributed by atoms with Gasteiger partial charge in [-0.3, -0.25) is 14.5 Å². The van der Waals surface area contributed by atoms with Crippen LogP contribution in [0.25, 0.3) is 0 Å². The normalized spacial score (nSPS) is 18.2. The fraction of sp³-hybridized carbons (Fsp3) is 0.500. The molecule has 0 unspecified atom stereocenters. The van der Waals surface area contributed by atoms with Gasteiger partial charge in [0, 0.05) is 18.3 Å². The number of likely N-dealkylation sites (N-methyl/N-ethyl adjacent to an activating group) is 1. The first-order valence-electron chi connectivity index (χ1n) is 7.60. The monoisotopic (exact) mass is 307 g/mol. The van der Waals surface area contributed by atoms with E-state index in [1.54, 1.807) is 13.0 Å². The van der Waals surface area contributed by atoms with Crippen molar-refractivity contribution < 1.29 is 14.0 Å². The van der Waals surface area contributed by atoms with Gasteiger partial charge in [0.05, 0.1) is 0 Å². The smallest absolute Gasteiger partial charge is 0.313 e. The Morgan fingerprint density at radius 1 is 1.36 bits per heavy atom. The molecular formula is C16H22FN3O2. The molecule has 5 nitrogen and oxygen atoms in total. The van der Waals surface area contributed by atoms with Gasteiger partial charge in [0.2, 0.25) is 0 Å². The zero-order valence-electron chi connectivity index (χ0n) is 13.0. The van der Waals surface area contributed by atoms with Crippen molar-refractivity contribution in [2.75, 3.05) is 25.0 Å². The van der Waals surface area contributed by atoms with Gasteiger partial charge in [-0.1, -0.05) is 13.0 Å². The average Bonchev–Trinajstić information content (AvgIpc) is 2.95. The molecule has 0 aliphatic carbocycles. The lowest BCUT2D eigenvalue weighted by Crippen LogP contribution is -2.43. The number of nitrogens with one attached hydrogen (secondary N) is 2. The summed E-state index contributed by atoms with van der Waals surface area (Å²) in [6.07, 6.45) is 2.14. The molecule has 0 bridgehead atoms. The maximum atomic E-state index is 13.2. The topological polar surface area (TPSA) is 61.4 Å². The number of likely N-dealkylation sites (tertiary alicyclic amines) is 1. The summed E-state index contributed by atoms with van der Waals surface area (Å²) < 4.78 is 13.2. The third-order valence-electron chi connectivity index (χ3n) is 4.06. The van der Waals surface area contributed by atoms with Gasteiger partial charge in [-0.15, -0.1) is 0 Å². The minimum absolute atomic E-state index is 0.289. The molecule has 0 saturated carbocycles. The molecule has 0 spiro atoms. The maximum Gasteiger partial charge on any atom is 0.313 e. The molecule has 1 saturated heterocycles. The van der Waals surface area contributed by atoms with Crippen molar-refractivity contribution in [2.24, 2.45) is 0 Å². The number of aryl methyl sites for hydroxylation is 1. The summed E-state index contributed by atoms with van der Waals surface area (Å²) in [5, 5.41) is 5.10. The number of halogens is 1. The van der Waals surface area contributed by atoms with Crippen LogP contribution in [0.2, 0.25) is 0 Å². The average molecular weight is 307 g/mol. The summed E-state index contributed by atoms with van der Waals surface area (Å²) in [5.74, 6) is -1.91. The Morgan fingerprint density at radius 3 is 2.86 bits per heavy atom. The summed E-state index contributed by atoms with van der Waals surface area (Å²) in [5.41, 5.74) is 1.02. The van der Waals surface area contributed by atoms with Gasteiger partial charge in [0.15, 0.2) is 0 Å². The molecule has 2 rings (SSSR count). The summed E-state index contributed by atoms with van der Waals surface area (Å²) in [4.78, 5) is 26.0. The third kappa shape index (κ3) is 4.04. The van der Waals surface area contributed by atoms with E-state index in [1.165, 1.54) is 12.1 Å². The largest absolute Gasteiger partial charge is 0.346 e. The first-order valence-corrected chi connectivity index (χ1v) is 7.60. The molecule has 1 aromatic rings. The number of hydrogen-bond donors (Lipinski definition) is 2. The summed E-state index contributed by atoms with van der Waals surface area (Å²) in [6.45, 7) is 6.26. The van der Waals surface area contributed by atoms with Crippen LogP contribution in [0.3, 0.4) is 0 Å². The summed E-state index contributed by atoms with van der Waals surface area (Å²) >= 11 is 0. The number of anilines is 1. The number of benzene rings is 1. The van der Waals surface area contributed by atoms with Gasteiger partial charge < -0.3 is 10.6 Å². The highest BCUT2D eigenvalue weighted by atomic mass is 19.1. The lowest BCUT2D eigenvalue weighted by atomic mass is 10.2. The lowest BCUT2D eigenvalue weighted by molar-refractivity contribution is -0.136. The molecule has 1 heterocycles. The molecule has 1 aromatic carbocycles. The Hall–Kier alpha value is -1.95. The van der Waals surface area contributed by atoms with Crippen LogP contribution in [-0.4, -0.2) is 42.4 Å². The van der Waals surface area contributed by atoms with Crippen molar-refractivity contribution in [3.8, 4) is 0 Å². The van der Waals surface area contributed by atoms with E-state index in [2.05, 4.69) is 22.5 Å². The van der Waals surface area contributed by atoms with Gasteiger partial charge in [0.1, 0.15) is 5.82 Å². The van der Waals surface area contributed by atoms with Gasteiger partial charge in [-0.25, -0.2) is 4.39 Å². The number of carbonyl (C=O) groups is 2. The Morgan fingerprint density at radius 2 is 2.14 bits per heavy atom. The molecule has 2 amide bonds. The van der Waals surface area contributed by atoms with Crippen molar-refractivity contribution in [3.05, 3.63) is 29.6 Å². The fourth-order valence-electron chi connectivity index (χ4n) is 2.74. The van der Waals surface area contributed by atoms with Crippen molar-refractivity contribution in [1.29, 1.82) is 0 Å². The molecule has 1 atom stereocenters. The van der Waals surface area contributed by atoms with Crippen molar-refractivity contribution in [3.63, 3.8) is 0 Å². The number of carbonyl (C=O) groups excluding carboxylic acids is 2. The van der Waals surface area contributed by atoms with E-state index in [-0.39, 0.29) is 6.04 Å². The van der Waals surface area contributed by atoms with Crippen LogP contribution in [0, 0.1) is 12.7 Å². The predicted molar refractivity (Wildman–Crippen MR) is 83.0 cm³/mol. The molecule has 22 heavy (non-hydrogen) atoms. The third-order valence-corrected chi connectivity index (χ3v) is 4.06. The van der Waals surface area contributed by atoms with E-state index in [4.69, 9.17) is 0 Å². The second kappa shape index (κ2) is 7.35. The van der Waals surface area contributed by atoms with Gasteiger partial charge in [-0.05, 0) is 50.6 Å². The van der Waals surface area contributed by atoms with Crippen LogP contribution in [-0.2, 0) is 9.59 Å². The van der Waals surface area contributed by atoms with Crippen LogP contribution >= 0.6 is 0 Å². The molecule has 0 radical (unpaired) electrons. The molecule has 1 fully saturated rings. The fourth-order valence-corrected chi connectivity index (χ4v) is 2.74. The van der Waals surface area contributed by atoms with E-state index in [1.807, 2.05) is 0 Å². The number of nitrogens with zero attached hydrogens (tertiary/aromatic N) is 1. The second-order valence-electron chi connectivity index (χ2n) is 5.55. The molecular weight excluding hydrogens is 285 g/mol. The molecule has 1 aliphatic heterocycles. The van der Waals surface area contributed by atoms with Crippen molar-refractivity contribution in [1.82, 2.24) is 10.2 Å². The first-order chi connectivity index (χ1) is 10.5. The summed E-state index contributed by atoms with van der Waals surface area (Å²) in [7, 11) is 0. The van der Waals surface area contributed by atoms with E-state index < -0.39 is 17.6 Å². The van der Waals surface area contributed by atoms with Crippen LogP contribution < -0.4 is 10.6 Å². The number of rotatable bonds is 4. The first kappa shape index (κ1) is 16.4. The zero-order valence-corrected chi connectivity index (χ0v) is 13.0. The Bertz CT molecular complexity index is 562. The number of amides is 2. The van der Waals surface area contributed by atoms with Gasteiger partial charge in [0.25, 0.3) is 0 Å². The van der Waals surface area contributed by atoms with Crippen LogP contribution in [0.4, 0.5) is 10.1 Å². The highest BCUT2D eigenvalue weighted by molar-refractivity contribution is 6.39. The molecule has 6 heteroatoms. The maximum absolute atomic E-state index is 13.2. The standard InChI is InChI=1S/C16H22FN3O2/c1-3-20-8-4-5-13(20)10-18-15(21)16(22)19-14-9-12(17)7-6-11(14)2/h6-7,9,13H,3-5,8,10H2,1-2H3,(H,18,21)(H,19,22)/t13-/m1/s1. The van der Waals surface area contributed by atoms with Crippen LogP contribution in [0.5, 0.6) is 0 Å². The van der Waals surface area contributed by atoms with E-state index in [0.29, 0.717) is 17.8 Å². The summed E-state index contributed by atoms with van der Waals surface area (Å²) in [6, 6.07) is 4.36.